The fraction of sp³-hybridized carbons (Fsp3) is 0.167. The maximum atomic E-state index is 12.6. The fourth-order valence-corrected chi connectivity index (χ4v) is 3.24. The SMILES string of the molecule is Cc1cc(O)c(C(=O)O)c2c1C(=O)Oc1c(C)c(O)c3c(c1O2)COC3=O. The van der Waals surface area contributed by atoms with E-state index in [9.17, 15) is 29.7 Å². The molecule has 27 heavy (non-hydrogen) atoms. The van der Waals surface area contributed by atoms with Crippen LogP contribution in [0, 0.1) is 13.8 Å². The van der Waals surface area contributed by atoms with Crippen LogP contribution in [0.15, 0.2) is 6.07 Å². The molecule has 0 fully saturated rings. The molecular formula is C18H12O9. The summed E-state index contributed by atoms with van der Waals surface area (Å²) >= 11 is 0. The van der Waals surface area contributed by atoms with Crippen molar-refractivity contribution >= 4 is 17.9 Å². The molecule has 2 aromatic carbocycles. The van der Waals surface area contributed by atoms with E-state index in [2.05, 4.69) is 0 Å². The first-order valence-electron chi connectivity index (χ1n) is 7.77. The van der Waals surface area contributed by atoms with Crippen molar-refractivity contribution in [2.75, 3.05) is 0 Å². The number of ether oxygens (including phenoxy) is 3. The molecule has 2 aliphatic heterocycles. The van der Waals surface area contributed by atoms with E-state index in [-0.39, 0.29) is 45.9 Å². The standard InChI is InChI=1S/C18H12O9/c1-5-3-8(19)11(16(21)22)15-9(5)18(24)27-13-6(2)12(20)10-7(14(13)26-15)4-25-17(10)23/h3,19-20H,4H2,1-2H3,(H,21,22). The van der Waals surface area contributed by atoms with E-state index in [1.165, 1.54) is 13.8 Å². The van der Waals surface area contributed by atoms with Gasteiger partial charge in [0.25, 0.3) is 0 Å². The van der Waals surface area contributed by atoms with Gasteiger partial charge in [-0.2, -0.15) is 0 Å². The van der Waals surface area contributed by atoms with Crippen LogP contribution < -0.4 is 9.47 Å². The summed E-state index contributed by atoms with van der Waals surface area (Å²) in [6, 6.07) is 1.12. The summed E-state index contributed by atoms with van der Waals surface area (Å²) in [6.45, 7) is 2.64. The van der Waals surface area contributed by atoms with Gasteiger partial charge >= 0.3 is 17.9 Å². The van der Waals surface area contributed by atoms with E-state index < -0.39 is 40.7 Å². The number of aryl methyl sites for hydroxylation is 1. The van der Waals surface area contributed by atoms with Crippen LogP contribution in [-0.4, -0.2) is 33.2 Å². The second kappa shape index (κ2) is 5.37. The summed E-state index contributed by atoms with van der Waals surface area (Å²) in [5, 5.41) is 29.8. The minimum Gasteiger partial charge on any atom is -0.507 e. The Morgan fingerprint density at radius 3 is 2.37 bits per heavy atom. The number of esters is 2. The lowest BCUT2D eigenvalue weighted by molar-refractivity contribution is 0.0531. The molecule has 138 valence electrons. The van der Waals surface area contributed by atoms with Crippen molar-refractivity contribution in [2.24, 2.45) is 0 Å². The highest BCUT2D eigenvalue weighted by Crippen LogP contribution is 2.51. The summed E-state index contributed by atoms with van der Waals surface area (Å²) in [6.07, 6.45) is 0. The number of hydrogen-bond donors (Lipinski definition) is 3. The zero-order chi connectivity index (χ0) is 19.6. The zero-order valence-corrected chi connectivity index (χ0v) is 14.1. The number of hydrogen-bond acceptors (Lipinski definition) is 8. The number of carbonyl (C=O) groups excluding carboxylic acids is 2. The Bertz CT molecular complexity index is 1080. The van der Waals surface area contributed by atoms with Crippen LogP contribution in [0.5, 0.6) is 28.7 Å². The summed E-state index contributed by atoms with van der Waals surface area (Å²) in [5.74, 6) is -4.89. The quantitative estimate of drug-likeness (QED) is 0.508. The van der Waals surface area contributed by atoms with Crippen LogP contribution in [0.3, 0.4) is 0 Å². The third-order valence-electron chi connectivity index (χ3n) is 4.54. The average Bonchev–Trinajstić information content (AvgIpc) is 2.88. The maximum Gasteiger partial charge on any atom is 0.347 e. The first-order valence-corrected chi connectivity index (χ1v) is 7.77. The number of phenolic OH excluding ortho intramolecular Hbond substituents is 1. The molecule has 9 nitrogen and oxygen atoms in total. The van der Waals surface area contributed by atoms with Gasteiger partial charge in [0.05, 0.1) is 5.56 Å². The summed E-state index contributed by atoms with van der Waals surface area (Å²) in [7, 11) is 0. The van der Waals surface area contributed by atoms with Crippen molar-refractivity contribution in [1.82, 2.24) is 0 Å². The number of cyclic esters (lactones) is 1. The number of carboxylic acids is 1. The van der Waals surface area contributed by atoms with Crippen molar-refractivity contribution in [3.8, 4) is 28.7 Å². The molecule has 0 unspecified atom stereocenters. The molecule has 0 bridgehead atoms. The Kier molecular flexibility index (Phi) is 3.32. The van der Waals surface area contributed by atoms with Crippen LogP contribution >= 0.6 is 0 Å². The highest BCUT2D eigenvalue weighted by Gasteiger charge is 2.39. The summed E-state index contributed by atoms with van der Waals surface area (Å²) in [5.41, 5.74) is -0.529. The van der Waals surface area contributed by atoms with Crippen molar-refractivity contribution in [3.05, 3.63) is 39.4 Å². The van der Waals surface area contributed by atoms with Gasteiger partial charge in [0.1, 0.15) is 34.8 Å². The molecule has 2 heterocycles. The smallest absolute Gasteiger partial charge is 0.347 e. The number of phenols is 2. The lowest BCUT2D eigenvalue weighted by Crippen LogP contribution is -2.12. The van der Waals surface area contributed by atoms with Crippen LogP contribution in [0.25, 0.3) is 0 Å². The summed E-state index contributed by atoms with van der Waals surface area (Å²) < 4.78 is 16.0. The van der Waals surface area contributed by atoms with Crippen molar-refractivity contribution in [3.63, 3.8) is 0 Å². The first-order chi connectivity index (χ1) is 12.7. The molecular weight excluding hydrogens is 360 g/mol. The predicted octanol–water partition coefficient (Wildman–Crippen LogP) is 2.41. The largest absolute Gasteiger partial charge is 0.507 e. The van der Waals surface area contributed by atoms with Crippen LogP contribution in [0.1, 0.15) is 47.8 Å². The van der Waals surface area contributed by atoms with Gasteiger partial charge in [-0.1, -0.05) is 0 Å². The van der Waals surface area contributed by atoms with Gasteiger partial charge in [-0.25, -0.2) is 14.4 Å². The molecule has 0 saturated carbocycles. The predicted molar refractivity (Wildman–Crippen MR) is 86.8 cm³/mol. The lowest BCUT2D eigenvalue weighted by atomic mass is 10.0. The number of fused-ring (bicyclic) bond motifs is 4. The number of carbonyl (C=O) groups is 3. The van der Waals surface area contributed by atoms with E-state index in [4.69, 9.17) is 14.2 Å². The molecule has 2 aromatic rings. The van der Waals surface area contributed by atoms with Gasteiger partial charge in [-0.3, -0.25) is 0 Å². The molecule has 2 aliphatic rings. The van der Waals surface area contributed by atoms with E-state index >= 15 is 0 Å². The molecule has 0 aromatic heterocycles. The maximum absolute atomic E-state index is 12.6. The van der Waals surface area contributed by atoms with Gasteiger partial charge < -0.3 is 29.5 Å². The first kappa shape index (κ1) is 16.7. The van der Waals surface area contributed by atoms with E-state index in [1.54, 1.807) is 0 Å². The lowest BCUT2D eigenvalue weighted by Gasteiger charge is -2.15. The topological polar surface area (TPSA) is 140 Å². The second-order valence-electron chi connectivity index (χ2n) is 6.15. The number of aromatic carboxylic acids is 1. The van der Waals surface area contributed by atoms with Crippen molar-refractivity contribution < 1.29 is 43.9 Å². The molecule has 0 spiro atoms. The highest BCUT2D eigenvalue weighted by molar-refractivity contribution is 6.05. The van der Waals surface area contributed by atoms with E-state index in [0.29, 0.717) is 0 Å². The second-order valence-corrected chi connectivity index (χ2v) is 6.15. The van der Waals surface area contributed by atoms with Crippen molar-refractivity contribution in [2.45, 2.75) is 20.5 Å². The molecule has 0 aliphatic carbocycles. The molecule has 4 rings (SSSR count). The Morgan fingerprint density at radius 1 is 1.00 bits per heavy atom. The Hall–Kier alpha value is -3.75. The van der Waals surface area contributed by atoms with Gasteiger partial charge in [0, 0.05) is 5.56 Å². The number of rotatable bonds is 1. The van der Waals surface area contributed by atoms with E-state index in [0.717, 1.165) is 6.07 Å². The Morgan fingerprint density at radius 2 is 1.70 bits per heavy atom. The minimum absolute atomic E-state index is 0.0579. The van der Waals surface area contributed by atoms with E-state index in [1.807, 2.05) is 0 Å². The van der Waals surface area contributed by atoms with Gasteiger partial charge in [0.15, 0.2) is 17.2 Å². The van der Waals surface area contributed by atoms with Crippen LogP contribution in [0.2, 0.25) is 0 Å². The number of carboxylic acid groups (broad SMARTS) is 1. The highest BCUT2D eigenvalue weighted by atomic mass is 16.6. The third kappa shape index (κ3) is 2.14. The molecule has 0 radical (unpaired) electrons. The van der Waals surface area contributed by atoms with Crippen LogP contribution in [0.4, 0.5) is 0 Å². The molecule has 0 amide bonds. The molecule has 3 N–H and O–H groups in total. The van der Waals surface area contributed by atoms with Gasteiger partial charge in [-0.15, -0.1) is 0 Å². The zero-order valence-electron chi connectivity index (χ0n) is 14.1. The van der Waals surface area contributed by atoms with Crippen molar-refractivity contribution in [1.29, 1.82) is 0 Å². The van der Waals surface area contributed by atoms with Gasteiger partial charge in [0.2, 0.25) is 0 Å². The Balaban J connectivity index is 2.09. The van der Waals surface area contributed by atoms with Crippen LogP contribution in [-0.2, 0) is 11.3 Å². The fourth-order valence-electron chi connectivity index (χ4n) is 3.24. The molecule has 0 saturated heterocycles. The monoisotopic (exact) mass is 372 g/mol. The molecule has 0 atom stereocenters. The number of benzene rings is 2. The number of aromatic hydroxyl groups is 2. The average molecular weight is 372 g/mol. The minimum atomic E-state index is -1.51. The Labute approximate surface area is 151 Å². The molecule has 9 heteroatoms. The normalized spacial score (nSPS) is 14.3. The van der Waals surface area contributed by atoms with Gasteiger partial charge in [-0.05, 0) is 25.5 Å². The summed E-state index contributed by atoms with van der Waals surface area (Å²) in [4.78, 5) is 36.2. The third-order valence-corrected chi connectivity index (χ3v) is 4.54.